The molecule has 1 fully saturated rings. The summed E-state index contributed by atoms with van der Waals surface area (Å²) in [5, 5.41) is 0.486. The number of piperidine rings is 1. The number of sulfonamides is 1. The fourth-order valence-electron chi connectivity index (χ4n) is 3.39. The van der Waals surface area contributed by atoms with E-state index in [-0.39, 0.29) is 23.3 Å². The smallest absolute Gasteiger partial charge is 0.243 e. The molecule has 3 rings (SSSR count). The van der Waals surface area contributed by atoms with E-state index in [1.165, 1.54) is 16.4 Å². The third kappa shape index (κ3) is 4.76. The van der Waals surface area contributed by atoms with E-state index in [4.69, 9.17) is 11.6 Å². The first kappa shape index (κ1) is 21.3. The van der Waals surface area contributed by atoms with E-state index >= 15 is 0 Å². The van der Waals surface area contributed by atoms with E-state index in [1.807, 2.05) is 24.3 Å². The molecule has 1 saturated heterocycles. The van der Waals surface area contributed by atoms with Crippen molar-refractivity contribution in [2.75, 3.05) is 20.1 Å². The molecule has 8 heteroatoms. The summed E-state index contributed by atoms with van der Waals surface area (Å²) in [6, 6.07) is 13.9. The van der Waals surface area contributed by atoms with Crippen molar-refractivity contribution in [2.24, 2.45) is 5.92 Å². The van der Waals surface area contributed by atoms with Gasteiger partial charge in [0.05, 0.1) is 10.8 Å². The first-order chi connectivity index (χ1) is 13.3. The number of benzene rings is 2. The zero-order valence-electron chi connectivity index (χ0n) is 15.5. The van der Waals surface area contributed by atoms with Gasteiger partial charge in [-0.3, -0.25) is 4.79 Å². The lowest BCUT2D eigenvalue weighted by Crippen LogP contribution is -2.45. The van der Waals surface area contributed by atoms with Crippen LogP contribution in [0.15, 0.2) is 57.9 Å². The maximum atomic E-state index is 12.9. The minimum absolute atomic E-state index is 0.0354. The molecule has 0 aromatic heterocycles. The van der Waals surface area contributed by atoms with Gasteiger partial charge in [-0.1, -0.05) is 45.7 Å². The normalized spacial score (nSPS) is 18.0. The van der Waals surface area contributed by atoms with E-state index < -0.39 is 10.0 Å². The zero-order valence-corrected chi connectivity index (χ0v) is 18.7. The monoisotopic (exact) mass is 484 g/mol. The van der Waals surface area contributed by atoms with Crippen LogP contribution >= 0.6 is 27.5 Å². The number of rotatable bonds is 5. The minimum Gasteiger partial charge on any atom is -0.341 e. The third-order valence-corrected chi connectivity index (χ3v) is 7.83. The summed E-state index contributed by atoms with van der Waals surface area (Å²) in [4.78, 5) is 14.8. The van der Waals surface area contributed by atoms with Crippen LogP contribution < -0.4 is 0 Å². The summed E-state index contributed by atoms with van der Waals surface area (Å²) in [6.07, 6.45) is 1.35. The molecular formula is C20H22BrClN2O3S. The second-order valence-electron chi connectivity index (χ2n) is 6.94. The lowest BCUT2D eigenvalue weighted by Gasteiger charge is -2.33. The van der Waals surface area contributed by atoms with Crippen LogP contribution in [-0.2, 0) is 21.4 Å². The van der Waals surface area contributed by atoms with E-state index in [0.717, 1.165) is 10.0 Å². The average Bonchev–Trinajstić information content (AvgIpc) is 2.69. The summed E-state index contributed by atoms with van der Waals surface area (Å²) >= 11 is 9.36. The lowest BCUT2D eigenvalue weighted by molar-refractivity contribution is -0.135. The maximum Gasteiger partial charge on any atom is 0.243 e. The fraction of sp³-hybridized carbons (Fsp3) is 0.350. The molecule has 2 aromatic carbocycles. The van der Waals surface area contributed by atoms with Crippen LogP contribution in [-0.4, -0.2) is 43.7 Å². The van der Waals surface area contributed by atoms with Crippen LogP contribution in [0.1, 0.15) is 18.4 Å². The number of nitrogens with zero attached hydrogens (tertiary/aromatic N) is 2. The van der Waals surface area contributed by atoms with Gasteiger partial charge in [-0.15, -0.1) is 0 Å². The van der Waals surface area contributed by atoms with Gasteiger partial charge in [0, 0.05) is 36.2 Å². The van der Waals surface area contributed by atoms with E-state index in [0.29, 0.717) is 31.0 Å². The Hall–Kier alpha value is -1.41. The van der Waals surface area contributed by atoms with Crippen LogP contribution in [0, 0.1) is 5.92 Å². The van der Waals surface area contributed by atoms with Gasteiger partial charge in [0.2, 0.25) is 15.9 Å². The van der Waals surface area contributed by atoms with Crippen molar-refractivity contribution in [3.63, 3.8) is 0 Å². The molecule has 0 aliphatic carbocycles. The van der Waals surface area contributed by atoms with Crippen molar-refractivity contribution >= 4 is 43.5 Å². The van der Waals surface area contributed by atoms with Crippen LogP contribution in [0.2, 0.25) is 5.02 Å². The summed E-state index contributed by atoms with van der Waals surface area (Å²) in [7, 11) is -1.88. The number of amides is 1. The number of hydrogen-bond acceptors (Lipinski definition) is 3. The highest BCUT2D eigenvalue weighted by atomic mass is 79.9. The topological polar surface area (TPSA) is 57.7 Å². The first-order valence-electron chi connectivity index (χ1n) is 9.03. The molecule has 2 aromatic rings. The Morgan fingerprint density at radius 2 is 1.89 bits per heavy atom. The Bertz CT molecular complexity index is 950. The Morgan fingerprint density at radius 1 is 1.21 bits per heavy atom. The second-order valence-corrected chi connectivity index (χ2v) is 10.2. The second kappa shape index (κ2) is 8.95. The highest BCUT2D eigenvalue weighted by molar-refractivity contribution is 9.10. The molecule has 1 atom stereocenters. The minimum atomic E-state index is -3.64. The molecular weight excluding hydrogens is 464 g/mol. The van der Waals surface area contributed by atoms with Gasteiger partial charge in [-0.2, -0.15) is 4.31 Å². The van der Waals surface area contributed by atoms with Crippen LogP contribution in [0.3, 0.4) is 0 Å². The summed E-state index contributed by atoms with van der Waals surface area (Å²) < 4.78 is 28.2. The number of carbonyl (C=O) groups is 1. The van der Waals surface area contributed by atoms with Crippen LogP contribution in [0.25, 0.3) is 0 Å². The summed E-state index contributed by atoms with van der Waals surface area (Å²) in [6.45, 7) is 1.09. The number of carbonyl (C=O) groups excluding carboxylic acids is 1. The molecule has 0 spiro atoms. The predicted octanol–water partition coefficient (Wildman–Crippen LogP) is 4.16. The zero-order chi connectivity index (χ0) is 20.3. The molecule has 28 heavy (non-hydrogen) atoms. The molecule has 5 nitrogen and oxygen atoms in total. The van der Waals surface area contributed by atoms with Gasteiger partial charge in [-0.25, -0.2) is 8.42 Å². The quantitative estimate of drug-likeness (QED) is 0.639. The molecule has 1 heterocycles. The molecule has 0 radical (unpaired) electrons. The van der Waals surface area contributed by atoms with Gasteiger partial charge in [-0.05, 0) is 48.7 Å². The average molecular weight is 486 g/mol. The molecule has 0 saturated carbocycles. The summed E-state index contributed by atoms with van der Waals surface area (Å²) in [5.41, 5.74) is 1.01. The summed E-state index contributed by atoms with van der Waals surface area (Å²) in [5.74, 6) is -0.380. The van der Waals surface area contributed by atoms with Gasteiger partial charge in [0.25, 0.3) is 0 Å². The molecule has 0 N–H and O–H groups in total. The number of halogens is 2. The van der Waals surface area contributed by atoms with Gasteiger partial charge in [0.15, 0.2) is 0 Å². The molecule has 1 aliphatic rings. The maximum absolute atomic E-state index is 12.9. The molecule has 1 amide bonds. The number of hydrogen-bond donors (Lipinski definition) is 0. The van der Waals surface area contributed by atoms with Gasteiger partial charge < -0.3 is 4.90 Å². The van der Waals surface area contributed by atoms with E-state index in [9.17, 15) is 13.2 Å². The third-order valence-electron chi connectivity index (χ3n) is 4.93. The molecule has 1 aliphatic heterocycles. The van der Waals surface area contributed by atoms with Crippen molar-refractivity contribution in [1.82, 2.24) is 9.21 Å². The molecule has 0 bridgehead atoms. The van der Waals surface area contributed by atoms with Crippen molar-refractivity contribution < 1.29 is 13.2 Å². The van der Waals surface area contributed by atoms with Gasteiger partial charge >= 0.3 is 0 Å². The van der Waals surface area contributed by atoms with Gasteiger partial charge in [0.1, 0.15) is 0 Å². The SMILES string of the molecule is CN(Cc1ccccc1Br)C(=O)C1CCCN(S(=O)(=O)c2ccc(Cl)cc2)C1. The Kier molecular flexibility index (Phi) is 6.81. The van der Waals surface area contributed by atoms with Crippen molar-refractivity contribution in [2.45, 2.75) is 24.3 Å². The van der Waals surface area contributed by atoms with Crippen molar-refractivity contribution in [1.29, 1.82) is 0 Å². The van der Waals surface area contributed by atoms with Crippen LogP contribution in [0.5, 0.6) is 0 Å². The Labute approximate surface area is 179 Å². The van der Waals surface area contributed by atoms with E-state index in [1.54, 1.807) is 24.1 Å². The highest BCUT2D eigenvalue weighted by Gasteiger charge is 2.34. The fourth-order valence-corrected chi connectivity index (χ4v) is 5.45. The van der Waals surface area contributed by atoms with E-state index in [2.05, 4.69) is 15.9 Å². The molecule has 1 unspecified atom stereocenters. The molecule has 150 valence electrons. The largest absolute Gasteiger partial charge is 0.341 e. The Balaban J connectivity index is 1.71. The lowest BCUT2D eigenvalue weighted by atomic mass is 9.98. The van der Waals surface area contributed by atoms with Crippen molar-refractivity contribution in [3.05, 3.63) is 63.6 Å². The van der Waals surface area contributed by atoms with Crippen LogP contribution in [0.4, 0.5) is 0 Å². The standard InChI is InChI=1S/C20H22BrClN2O3S/c1-23(13-15-5-2-3-7-19(15)21)20(25)16-6-4-12-24(14-16)28(26,27)18-10-8-17(22)9-11-18/h2-3,5,7-11,16H,4,6,12-14H2,1H3. The van der Waals surface area contributed by atoms with Crippen molar-refractivity contribution in [3.8, 4) is 0 Å². The Morgan fingerprint density at radius 3 is 2.57 bits per heavy atom. The highest BCUT2D eigenvalue weighted by Crippen LogP contribution is 2.26. The predicted molar refractivity (Wildman–Crippen MR) is 114 cm³/mol. The first-order valence-corrected chi connectivity index (χ1v) is 11.6.